The van der Waals surface area contributed by atoms with Crippen molar-refractivity contribution in [2.45, 2.75) is 71.3 Å². The molecule has 114 valence electrons. The van der Waals surface area contributed by atoms with Crippen LogP contribution in [0.1, 0.15) is 70.5 Å². The van der Waals surface area contributed by atoms with E-state index >= 15 is 0 Å². The Bertz CT molecular complexity index is 390. The van der Waals surface area contributed by atoms with Gasteiger partial charge in [0.1, 0.15) is 0 Å². The van der Waals surface area contributed by atoms with Gasteiger partial charge in [-0.2, -0.15) is 4.98 Å². The third kappa shape index (κ3) is 3.81. The summed E-state index contributed by atoms with van der Waals surface area (Å²) in [5, 5.41) is 7.50. The molecule has 4 heteroatoms. The third-order valence-corrected chi connectivity index (χ3v) is 4.89. The highest BCUT2D eigenvalue weighted by molar-refractivity contribution is 4.99. The van der Waals surface area contributed by atoms with E-state index in [1.807, 2.05) is 7.05 Å². The van der Waals surface area contributed by atoms with Crippen molar-refractivity contribution in [1.82, 2.24) is 15.5 Å². The number of hydrogen-bond donors (Lipinski definition) is 1. The van der Waals surface area contributed by atoms with Gasteiger partial charge in [-0.25, -0.2) is 0 Å². The van der Waals surface area contributed by atoms with Crippen LogP contribution in [0.5, 0.6) is 0 Å². The fraction of sp³-hybridized carbons (Fsp3) is 0.875. The lowest BCUT2D eigenvalue weighted by Crippen LogP contribution is -2.26. The van der Waals surface area contributed by atoms with Crippen LogP contribution in [0.2, 0.25) is 0 Å². The van der Waals surface area contributed by atoms with Gasteiger partial charge in [-0.05, 0) is 51.0 Å². The highest BCUT2D eigenvalue weighted by Gasteiger charge is 2.27. The molecule has 1 atom stereocenters. The molecule has 1 aromatic rings. The standard InChI is InChI=1S/C16H29N3O/c1-5-14(17-4)10-15-18-16(19-20-15)13-8-6-12(7-9-13)11(2)3/h11-14,17H,5-10H2,1-4H3. The maximum Gasteiger partial charge on any atom is 0.228 e. The van der Waals surface area contributed by atoms with Gasteiger partial charge in [0.15, 0.2) is 5.82 Å². The van der Waals surface area contributed by atoms with E-state index in [2.05, 4.69) is 36.2 Å². The van der Waals surface area contributed by atoms with Crippen molar-refractivity contribution in [3.63, 3.8) is 0 Å². The van der Waals surface area contributed by atoms with Crippen molar-refractivity contribution in [2.75, 3.05) is 7.05 Å². The van der Waals surface area contributed by atoms with Crippen molar-refractivity contribution in [3.8, 4) is 0 Å². The average Bonchev–Trinajstić information content (AvgIpc) is 2.93. The molecular formula is C16H29N3O. The molecule has 1 unspecified atom stereocenters. The van der Waals surface area contributed by atoms with Gasteiger partial charge >= 0.3 is 0 Å². The molecule has 1 aliphatic rings. The van der Waals surface area contributed by atoms with Crippen molar-refractivity contribution in [3.05, 3.63) is 11.7 Å². The molecule has 1 N–H and O–H groups in total. The van der Waals surface area contributed by atoms with E-state index in [4.69, 9.17) is 4.52 Å². The molecule has 20 heavy (non-hydrogen) atoms. The number of rotatable bonds is 6. The van der Waals surface area contributed by atoms with Gasteiger partial charge in [-0.15, -0.1) is 0 Å². The van der Waals surface area contributed by atoms with Crippen LogP contribution in [-0.4, -0.2) is 23.2 Å². The first-order valence-electron chi connectivity index (χ1n) is 8.13. The summed E-state index contributed by atoms with van der Waals surface area (Å²) in [4.78, 5) is 4.62. The van der Waals surface area contributed by atoms with Crippen LogP contribution >= 0.6 is 0 Å². The van der Waals surface area contributed by atoms with Gasteiger partial charge in [-0.3, -0.25) is 0 Å². The molecule has 0 saturated heterocycles. The molecule has 1 aliphatic carbocycles. The van der Waals surface area contributed by atoms with Crippen molar-refractivity contribution in [2.24, 2.45) is 11.8 Å². The average molecular weight is 279 g/mol. The minimum atomic E-state index is 0.431. The predicted octanol–water partition coefficient (Wildman–Crippen LogP) is 3.54. The number of aromatic nitrogens is 2. The molecule has 0 bridgehead atoms. The predicted molar refractivity (Wildman–Crippen MR) is 80.7 cm³/mol. The number of nitrogens with zero attached hydrogens (tertiary/aromatic N) is 2. The number of hydrogen-bond acceptors (Lipinski definition) is 4. The van der Waals surface area contributed by atoms with Crippen LogP contribution in [-0.2, 0) is 6.42 Å². The Morgan fingerprint density at radius 2 is 1.95 bits per heavy atom. The van der Waals surface area contributed by atoms with Gasteiger partial charge in [0.2, 0.25) is 5.89 Å². The largest absolute Gasteiger partial charge is 0.339 e. The number of nitrogens with one attached hydrogen (secondary N) is 1. The maximum absolute atomic E-state index is 5.43. The van der Waals surface area contributed by atoms with Gasteiger partial charge in [0.25, 0.3) is 0 Å². The molecule has 1 saturated carbocycles. The smallest absolute Gasteiger partial charge is 0.228 e. The molecule has 1 fully saturated rings. The first kappa shape index (κ1) is 15.5. The topological polar surface area (TPSA) is 51.0 Å². The summed E-state index contributed by atoms with van der Waals surface area (Å²) >= 11 is 0. The van der Waals surface area contributed by atoms with E-state index < -0.39 is 0 Å². The lowest BCUT2D eigenvalue weighted by atomic mass is 9.77. The molecular weight excluding hydrogens is 250 g/mol. The Labute approximate surface area is 122 Å². The second-order valence-corrected chi connectivity index (χ2v) is 6.50. The molecule has 1 aromatic heterocycles. The Balaban J connectivity index is 1.90. The SMILES string of the molecule is CCC(Cc1nc(C2CCC(C(C)C)CC2)no1)NC. The van der Waals surface area contributed by atoms with E-state index in [1.54, 1.807) is 0 Å². The molecule has 0 aliphatic heterocycles. The van der Waals surface area contributed by atoms with E-state index in [0.29, 0.717) is 12.0 Å². The summed E-state index contributed by atoms with van der Waals surface area (Å²) in [6.07, 6.45) is 6.95. The molecule has 4 nitrogen and oxygen atoms in total. The molecule has 1 heterocycles. The Morgan fingerprint density at radius 3 is 2.50 bits per heavy atom. The van der Waals surface area contributed by atoms with E-state index in [-0.39, 0.29) is 0 Å². The number of likely N-dealkylation sites (N-methyl/N-ethyl adjacent to an activating group) is 1. The van der Waals surface area contributed by atoms with E-state index in [9.17, 15) is 0 Å². The van der Waals surface area contributed by atoms with Crippen molar-refractivity contribution in [1.29, 1.82) is 0 Å². The summed E-state index contributed by atoms with van der Waals surface area (Å²) in [7, 11) is 1.98. The second-order valence-electron chi connectivity index (χ2n) is 6.50. The van der Waals surface area contributed by atoms with E-state index in [0.717, 1.165) is 36.4 Å². The summed E-state index contributed by atoms with van der Waals surface area (Å²) in [5.74, 6) is 3.92. The van der Waals surface area contributed by atoms with Crippen LogP contribution < -0.4 is 5.32 Å². The molecule has 0 spiro atoms. The maximum atomic E-state index is 5.43. The second kappa shape index (κ2) is 7.21. The molecule has 0 amide bonds. The highest BCUT2D eigenvalue weighted by atomic mass is 16.5. The van der Waals surface area contributed by atoms with Crippen LogP contribution in [0.4, 0.5) is 0 Å². The molecule has 0 aromatic carbocycles. The fourth-order valence-electron chi connectivity index (χ4n) is 3.22. The van der Waals surface area contributed by atoms with Crippen LogP contribution in [0.25, 0.3) is 0 Å². The monoisotopic (exact) mass is 279 g/mol. The zero-order valence-electron chi connectivity index (χ0n) is 13.4. The summed E-state index contributed by atoms with van der Waals surface area (Å²) in [5.41, 5.74) is 0. The Morgan fingerprint density at radius 1 is 1.25 bits per heavy atom. The summed E-state index contributed by atoms with van der Waals surface area (Å²) in [6.45, 7) is 6.84. The lowest BCUT2D eigenvalue weighted by Gasteiger charge is -2.29. The fourth-order valence-corrected chi connectivity index (χ4v) is 3.22. The zero-order chi connectivity index (χ0) is 14.5. The van der Waals surface area contributed by atoms with Gasteiger partial charge < -0.3 is 9.84 Å². The molecule has 0 radical (unpaired) electrons. The van der Waals surface area contributed by atoms with Gasteiger partial charge in [-0.1, -0.05) is 25.9 Å². The molecule has 2 rings (SSSR count). The minimum absolute atomic E-state index is 0.431. The third-order valence-electron chi connectivity index (χ3n) is 4.89. The summed E-state index contributed by atoms with van der Waals surface area (Å²) < 4.78 is 5.43. The van der Waals surface area contributed by atoms with Crippen molar-refractivity contribution < 1.29 is 4.52 Å². The zero-order valence-corrected chi connectivity index (χ0v) is 13.4. The lowest BCUT2D eigenvalue weighted by molar-refractivity contribution is 0.251. The Kier molecular flexibility index (Phi) is 5.58. The first-order valence-corrected chi connectivity index (χ1v) is 8.13. The quantitative estimate of drug-likeness (QED) is 0.865. The van der Waals surface area contributed by atoms with Crippen LogP contribution in [0, 0.1) is 11.8 Å². The highest BCUT2D eigenvalue weighted by Crippen LogP contribution is 2.37. The summed E-state index contributed by atoms with van der Waals surface area (Å²) in [6, 6.07) is 0.431. The minimum Gasteiger partial charge on any atom is -0.339 e. The first-order chi connectivity index (χ1) is 9.63. The van der Waals surface area contributed by atoms with Crippen LogP contribution in [0.15, 0.2) is 4.52 Å². The Hall–Kier alpha value is -0.900. The van der Waals surface area contributed by atoms with E-state index in [1.165, 1.54) is 25.7 Å². The van der Waals surface area contributed by atoms with Crippen molar-refractivity contribution >= 4 is 0 Å². The normalized spacial score (nSPS) is 25.1. The van der Waals surface area contributed by atoms with Gasteiger partial charge in [0, 0.05) is 18.4 Å². The van der Waals surface area contributed by atoms with Crippen LogP contribution in [0.3, 0.4) is 0 Å². The van der Waals surface area contributed by atoms with Gasteiger partial charge in [0.05, 0.1) is 0 Å².